The minimum absolute atomic E-state index is 0.123. The van der Waals surface area contributed by atoms with Crippen LogP contribution in [0.25, 0.3) is 0 Å². The second-order valence-corrected chi connectivity index (χ2v) is 5.93. The molecule has 0 fully saturated rings. The van der Waals surface area contributed by atoms with Crippen molar-refractivity contribution in [3.63, 3.8) is 0 Å². The summed E-state index contributed by atoms with van der Waals surface area (Å²) in [6, 6.07) is 3.09. The molecule has 0 spiro atoms. The van der Waals surface area contributed by atoms with E-state index in [1.54, 1.807) is 6.92 Å². The highest BCUT2D eigenvalue weighted by Gasteiger charge is 2.22. The number of aliphatic carboxylic acids is 1. The fraction of sp³-hybridized carbons (Fsp3) is 0.364. The van der Waals surface area contributed by atoms with Crippen LogP contribution in [0.3, 0.4) is 0 Å². The smallest absolute Gasteiger partial charge is 0.304 e. The lowest BCUT2D eigenvalue weighted by Gasteiger charge is -2.16. The van der Waals surface area contributed by atoms with Gasteiger partial charge in [-0.15, -0.1) is 0 Å². The normalized spacial score (nSPS) is 11.3. The topological polar surface area (TPSA) is 111 Å². The van der Waals surface area contributed by atoms with Gasteiger partial charge in [0.25, 0.3) is 0 Å². The maximum Gasteiger partial charge on any atom is 0.304 e. The first-order valence-electron chi connectivity index (χ1n) is 5.34. The molecule has 1 rings (SSSR count). The van der Waals surface area contributed by atoms with Crippen molar-refractivity contribution in [2.24, 2.45) is 0 Å². The van der Waals surface area contributed by atoms with Crippen molar-refractivity contribution in [3.8, 4) is 6.07 Å². The van der Waals surface area contributed by atoms with Crippen molar-refractivity contribution < 1.29 is 18.3 Å². The van der Waals surface area contributed by atoms with E-state index in [1.807, 2.05) is 6.07 Å². The first-order chi connectivity index (χ1) is 8.78. The van der Waals surface area contributed by atoms with Gasteiger partial charge in [0.2, 0.25) is 10.0 Å². The number of sulfonamides is 1. The average Bonchev–Trinajstić information content (AvgIpc) is 2.35. The minimum Gasteiger partial charge on any atom is -0.481 e. The second kappa shape index (κ2) is 5.77. The molecule has 0 amide bonds. The molecular weight excluding hydrogens is 270 g/mol. The Bertz CT molecular complexity index is 634. The lowest BCUT2D eigenvalue weighted by Crippen LogP contribution is -2.29. The molecule has 0 radical (unpaired) electrons. The van der Waals surface area contributed by atoms with Crippen molar-refractivity contribution in [1.82, 2.24) is 9.29 Å². The number of nitrogens with zero attached hydrogens (tertiary/aromatic N) is 3. The fourth-order valence-corrected chi connectivity index (χ4v) is 2.47. The van der Waals surface area contributed by atoms with Gasteiger partial charge in [0, 0.05) is 19.8 Å². The van der Waals surface area contributed by atoms with Crippen LogP contribution in [0, 0.1) is 18.3 Å². The largest absolute Gasteiger partial charge is 0.481 e. The van der Waals surface area contributed by atoms with Gasteiger partial charge < -0.3 is 5.11 Å². The Morgan fingerprint density at radius 3 is 2.74 bits per heavy atom. The van der Waals surface area contributed by atoms with Crippen LogP contribution in [-0.2, 0) is 14.8 Å². The van der Waals surface area contributed by atoms with E-state index in [0.29, 0.717) is 5.69 Å². The van der Waals surface area contributed by atoms with Crippen molar-refractivity contribution in [1.29, 1.82) is 5.26 Å². The summed E-state index contributed by atoms with van der Waals surface area (Å²) in [5.74, 6) is -1.08. The lowest BCUT2D eigenvalue weighted by atomic mass is 10.2. The number of carbonyl (C=O) groups is 1. The van der Waals surface area contributed by atoms with Crippen LogP contribution in [0.4, 0.5) is 0 Å². The van der Waals surface area contributed by atoms with Crippen LogP contribution in [0.2, 0.25) is 0 Å². The molecule has 1 N–H and O–H groups in total. The predicted octanol–water partition coefficient (Wildman–Crippen LogP) is 0.357. The standard InChI is InChI=1S/C11H13N3O4S/c1-8-9(6-12)5-10(7-13-8)19(17,18)14(2)4-3-11(15)16/h5,7H,3-4H2,1-2H3,(H,15,16). The van der Waals surface area contributed by atoms with Crippen LogP contribution in [0.15, 0.2) is 17.2 Å². The number of pyridine rings is 1. The van der Waals surface area contributed by atoms with E-state index < -0.39 is 16.0 Å². The zero-order valence-corrected chi connectivity index (χ0v) is 11.3. The highest BCUT2D eigenvalue weighted by molar-refractivity contribution is 7.89. The molecule has 0 aliphatic carbocycles. The molecule has 1 aromatic rings. The molecule has 0 aliphatic rings. The predicted molar refractivity (Wildman–Crippen MR) is 65.8 cm³/mol. The van der Waals surface area contributed by atoms with Gasteiger partial charge in [-0.05, 0) is 13.0 Å². The van der Waals surface area contributed by atoms with Crippen LogP contribution < -0.4 is 0 Å². The monoisotopic (exact) mass is 283 g/mol. The summed E-state index contributed by atoms with van der Waals surface area (Å²) in [5.41, 5.74) is 0.613. The van der Waals surface area contributed by atoms with Gasteiger partial charge in [-0.2, -0.15) is 5.26 Å². The molecule has 0 unspecified atom stereocenters. The van der Waals surface area contributed by atoms with Gasteiger partial charge in [-0.1, -0.05) is 0 Å². The number of hydrogen-bond donors (Lipinski definition) is 1. The SMILES string of the molecule is Cc1ncc(S(=O)(=O)N(C)CCC(=O)O)cc1C#N. The van der Waals surface area contributed by atoms with E-state index in [9.17, 15) is 13.2 Å². The van der Waals surface area contributed by atoms with Gasteiger partial charge in [0.05, 0.1) is 17.7 Å². The minimum atomic E-state index is -3.83. The Hall–Kier alpha value is -1.98. The third kappa shape index (κ3) is 3.49. The zero-order valence-electron chi connectivity index (χ0n) is 10.5. The number of aromatic nitrogens is 1. The van der Waals surface area contributed by atoms with E-state index in [1.165, 1.54) is 13.1 Å². The van der Waals surface area contributed by atoms with Gasteiger partial charge in [-0.3, -0.25) is 9.78 Å². The summed E-state index contributed by atoms with van der Waals surface area (Å²) in [7, 11) is -2.55. The zero-order chi connectivity index (χ0) is 14.6. The first kappa shape index (κ1) is 15.1. The van der Waals surface area contributed by atoms with E-state index in [4.69, 9.17) is 10.4 Å². The Morgan fingerprint density at radius 1 is 1.58 bits per heavy atom. The van der Waals surface area contributed by atoms with E-state index in [2.05, 4.69) is 4.98 Å². The van der Waals surface area contributed by atoms with Crippen LogP contribution in [-0.4, -0.2) is 42.4 Å². The number of rotatable bonds is 5. The molecule has 0 bridgehead atoms. The summed E-state index contributed by atoms with van der Waals surface area (Å²) in [6.07, 6.45) is 0.864. The third-order valence-electron chi connectivity index (χ3n) is 2.53. The Kier molecular flexibility index (Phi) is 4.58. The quantitative estimate of drug-likeness (QED) is 0.835. The van der Waals surface area contributed by atoms with Crippen molar-refractivity contribution >= 4 is 16.0 Å². The summed E-state index contributed by atoms with van der Waals surface area (Å²) < 4.78 is 25.1. The van der Waals surface area contributed by atoms with Crippen molar-refractivity contribution in [2.75, 3.05) is 13.6 Å². The summed E-state index contributed by atoms with van der Waals surface area (Å²) >= 11 is 0. The van der Waals surface area contributed by atoms with E-state index >= 15 is 0 Å². The summed E-state index contributed by atoms with van der Waals surface area (Å²) in [6.45, 7) is 1.45. The molecule has 0 aliphatic heterocycles. The molecule has 0 aromatic carbocycles. The third-order valence-corrected chi connectivity index (χ3v) is 4.35. The summed E-state index contributed by atoms with van der Waals surface area (Å²) in [5, 5.41) is 17.4. The molecule has 0 atom stereocenters. The highest BCUT2D eigenvalue weighted by Crippen LogP contribution is 2.16. The molecule has 0 saturated heterocycles. The van der Waals surface area contributed by atoms with E-state index in [-0.39, 0.29) is 23.4 Å². The number of hydrogen-bond acceptors (Lipinski definition) is 5. The second-order valence-electron chi connectivity index (χ2n) is 3.89. The maximum atomic E-state index is 12.1. The van der Waals surface area contributed by atoms with Crippen molar-refractivity contribution in [2.45, 2.75) is 18.2 Å². The van der Waals surface area contributed by atoms with Gasteiger partial charge in [-0.25, -0.2) is 12.7 Å². The number of aryl methyl sites for hydroxylation is 1. The Morgan fingerprint density at radius 2 is 2.21 bits per heavy atom. The van der Waals surface area contributed by atoms with Crippen LogP contribution in [0.1, 0.15) is 17.7 Å². The maximum absolute atomic E-state index is 12.1. The average molecular weight is 283 g/mol. The lowest BCUT2D eigenvalue weighted by molar-refractivity contribution is -0.137. The number of carboxylic acid groups (broad SMARTS) is 1. The molecule has 19 heavy (non-hydrogen) atoms. The molecular formula is C11H13N3O4S. The first-order valence-corrected chi connectivity index (χ1v) is 6.78. The Labute approximate surface area is 111 Å². The Balaban J connectivity index is 3.07. The van der Waals surface area contributed by atoms with Crippen molar-refractivity contribution in [3.05, 3.63) is 23.5 Å². The number of carboxylic acids is 1. The highest BCUT2D eigenvalue weighted by atomic mass is 32.2. The van der Waals surface area contributed by atoms with Crippen LogP contribution in [0.5, 0.6) is 0 Å². The van der Waals surface area contributed by atoms with Gasteiger partial charge in [0.1, 0.15) is 11.0 Å². The molecule has 8 heteroatoms. The van der Waals surface area contributed by atoms with Gasteiger partial charge in [0.15, 0.2) is 0 Å². The van der Waals surface area contributed by atoms with E-state index in [0.717, 1.165) is 10.5 Å². The number of nitriles is 1. The van der Waals surface area contributed by atoms with Crippen LogP contribution >= 0.6 is 0 Å². The molecule has 0 saturated carbocycles. The summed E-state index contributed by atoms with van der Waals surface area (Å²) in [4.78, 5) is 14.2. The van der Waals surface area contributed by atoms with Gasteiger partial charge >= 0.3 is 5.97 Å². The molecule has 7 nitrogen and oxygen atoms in total. The molecule has 1 aromatic heterocycles. The molecule has 102 valence electrons. The fourth-order valence-electron chi connectivity index (χ4n) is 1.32. The molecule has 1 heterocycles.